The van der Waals surface area contributed by atoms with Crippen molar-refractivity contribution in [3.63, 3.8) is 0 Å². The smallest absolute Gasteiger partial charge is 0.270 e. The van der Waals surface area contributed by atoms with E-state index in [4.69, 9.17) is 27.9 Å². The number of hydrogen-bond donors (Lipinski definition) is 0. The number of aromatic nitrogens is 2. The van der Waals surface area contributed by atoms with Crippen LogP contribution in [0.25, 0.3) is 11.0 Å². The molecule has 5 nitrogen and oxygen atoms in total. The van der Waals surface area contributed by atoms with Gasteiger partial charge >= 0.3 is 0 Å². The first-order valence-corrected chi connectivity index (χ1v) is 8.69. The molecule has 0 N–H and O–H groups in total. The summed E-state index contributed by atoms with van der Waals surface area (Å²) >= 11 is 12.1. The van der Waals surface area contributed by atoms with Crippen molar-refractivity contribution in [1.82, 2.24) is 9.55 Å². The normalized spacial score (nSPS) is 14.6. The highest BCUT2D eigenvalue weighted by Gasteiger charge is 2.32. The van der Waals surface area contributed by atoms with Gasteiger partial charge in [0, 0.05) is 13.1 Å². The third-order valence-electron chi connectivity index (χ3n) is 4.26. The average molecular weight is 376 g/mol. The summed E-state index contributed by atoms with van der Waals surface area (Å²) in [5, 5.41) is 0.694. The maximum atomic E-state index is 12.9. The largest absolute Gasteiger partial charge is 0.479 e. The number of nitrogens with zero attached hydrogens (tertiary/aromatic N) is 3. The van der Waals surface area contributed by atoms with Crippen molar-refractivity contribution in [1.29, 1.82) is 0 Å². The monoisotopic (exact) mass is 375 g/mol. The summed E-state index contributed by atoms with van der Waals surface area (Å²) in [7, 11) is 0. The van der Waals surface area contributed by atoms with Crippen LogP contribution in [0.2, 0.25) is 10.0 Å². The molecule has 1 aliphatic heterocycles. The van der Waals surface area contributed by atoms with Gasteiger partial charge in [0.25, 0.3) is 5.91 Å². The van der Waals surface area contributed by atoms with Gasteiger partial charge in [-0.2, -0.15) is 0 Å². The number of para-hydroxylation sites is 2. The second-order valence-corrected chi connectivity index (χ2v) is 6.64. The Morgan fingerprint density at radius 2 is 1.96 bits per heavy atom. The number of benzene rings is 2. The van der Waals surface area contributed by atoms with Gasteiger partial charge in [0.2, 0.25) is 5.95 Å². The second kappa shape index (κ2) is 6.24. The number of amides is 1. The molecule has 7 heteroatoms. The van der Waals surface area contributed by atoms with Crippen LogP contribution in [-0.2, 0) is 11.3 Å². The zero-order valence-electron chi connectivity index (χ0n) is 13.4. The highest BCUT2D eigenvalue weighted by molar-refractivity contribution is 6.42. The van der Waals surface area contributed by atoms with Gasteiger partial charge in [-0.1, -0.05) is 41.4 Å². The van der Waals surface area contributed by atoms with E-state index in [0.717, 1.165) is 11.0 Å². The maximum absolute atomic E-state index is 12.9. The Morgan fingerprint density at radius 3 is 2.80 bits per heavy atom. The minimum atomic E-state index is -0.706. The van der Waals surface area contributed by atoms with E-state index in [1.807, 2.05) is 28.8 Å². The van der Waals surface area contributed by atoms with Crippen LogP contribution in [0.3, 0.4) is 0 Å². The minimum absolute atomic E-state index is 0.162. The third kappa shape index (κ3) is 2.73. The average Bonchev–Trinajstić information content (AvgIpc) is 3.17. The lowest BCUT2D eigenvalue weighted by Gasteiger charge is -2.20. The van der Waals surface area contributed by atoms with Gasteiger partial charge in [0.15, 0.2) is 6.10 Å². The first kappa shape index (κ1) is 16.2. The molecule has 0 bridgehead atoms. The SMILES string of the molecule is CC(Oc1cccc(Cl)c1Cl)C(=O)N1CCn2c1nc1ccccc12. The lowest BCUT2D eigenvalue weighted by atomic mass is 10.3. The van der Waals surface area contributed by atoms with Crippen molar-refractivity contribution in [3.8, 4) is 5.75 Å². The maximum Gasteiger partial charge on any atom is 0.270 e. The van der Waals surface area contributed by atoms with E-state index in [0.29, 0.717) is 34.8 Å². The number of imidazole rings is 1. The zero-order valence-corrected chi connectivity index (χ0v) is 15.0. The second-order valence-electron chi connectivity index (χ2n) is 5.85. The number of anilines is 1. The molecule has 0 spiro atoms. The van der Waals surface area contributed by atoms with Crippen LogP contribution in [0.15, 0.2) is 42.5 Å². The van der Waals surface area contributed by atoms with Crippen molar-refractivity contribution in [3.05, 3.63) is 52.5 Å². The topological polar surface area (TPSA) is 47.4 Å². The Hall–Kier alpha value is -2.24. The number of carbonyl (C=O) groups is 1. The minimum Gasteiger partial charge on any atom is -0.479 e. The summed E-state index contributed by atoms with van der Waals surface area (Å²) in [5.41, 5.74) is 1.90. The van der Waals surface area contributed by atoms with Crippen LogP contribution in [0.4, 0.5) is 5.95 Å². The van der Waals surface area contributed by atoms with Gasteiger partial charge in [0.05, 0.1) is 16.1 Å². The van der Waals surface area contributed by atoms with Crippen LogP contribution in [0.1, 0.15) is 6.92 Å². The van der Waals surface area contributed by atoms with E-state index in [-0.39, 0.29) is 5.91 Å². The van der Waals surface area contributed by atoms with Gasteiger partial charge in [0.1, 0.15) is 10.8 Å². The number of halogens is 2. The first-order chi connectivity index (χ1) is 12.1. The summed E-state index contributed by atoms with van der Waals surface area (Å²) < 4.78 is 7.79. The standard InChI is InChI=1S/C18H15Cl2N3O2/c1-11(25-15-8-4-5-12(19)16(15)20)17(24)23-10-9-22-14-7-3-2-6-13(14)21-18(22)23/h2-8,11H,9-10H2,1H3. The molecule has 2 aromatic carbocycles. The van der Waals surface area contributed by atoms with Crippen LogP contribution < -0.4 is 9.64 Å². The van der Waals surface area contributed by atoms with E-state index in [1.54, 1.807) is 30.0 Å². The fraction of sp³-hybridized carbons (Fsp3) is 0.222. The van der Waals surface area contributed by atoms with Gasteiger partial charge < -0.3 is 9.30 Å². The fourth-order valence-electron chi connectivity index (χ4n) is 3.03. The number of rotatable bonds is 3. The molecule has 0 aliphatic carbocycles. The molecule has 1 amide bonds. The van der Waals surface area contributed by atoms with E-state index >= 15 is 0 Å². The predicted molar refractivity (Wildman–Crippen MR) is 98.6 cm³/mol. The van der Waals surface area contributed by atoms with E-state index in [2.05, 4.69) is 4.98 Å². The first-order valence-electron chi connectivity index (χ1n) is 7.93. The molecule has 0 saturated heterocycles. The third-order valence-corrected chi connectivity index (χ3v) is 5.06. The number of ether oxygens (including phenoxy) is 1. The molecular weight excluding hydrogens is 361 g/mol. The molecule has 0 saturated carbocycles. The van der Waals surface area contributed by atoms with Crippen molar-refractivity contribution in [2.45, 2.75) is 19.6 Å². The molecule has 0 fully saturated rings. The Bertz CT molecular complexity index is 970. The number of fused-ring (bicyclic) bond motifs is 3. The van der Waals surface area contributed by atoms with Gasteiger partial charge in [-0.15, -0.1) is 0 Å². The molecule has 1 aliphatic rings. The van der Waals surface area contributed by atoms with Crippen molar-refractivity contribution in [2.24, 2.45) is 0 Å². The Balaban J connectivity index is 1.59. The quantitative estimate of drug-likeness (QED) is 0.690. The number of carbonyl (C=O) groups excluding carboxylic acids is 1. The van der Waals surface area contributed by atoms with Gasteiger partial charge in [-0.3, -0.25) is 9.69 Å². The molecule has 1 atom stereocenters. The Morgan fingerprint density at radius 1 is 1.16 bits per heavy atom. The lowest BCUT2D eigenvalue weighted by molar-refractivity contribution is -0.124. The fourth-order valence-corrected chi connectivity index (χ4v) is 3.37. The van der Waals surface area contributed by atoms with Crippen LogP contribution in [0.5, 0.6) is 5.75 Å². The molecule has 3 aromatic rings. The Kier molecular flexibility index (Phi) is 4.06. The van der Waals surface area contributed by atoms with Crippen LogP contribution in [-0.4, -0.2) is 28.1 Å². The molecule has 4 rings (SSSR count). The predicted octanol–water partition coefficient (Wildman–Crippen LogP) is 4.16. The molecule has 128 valence electrons. The van der Waals surface area contributed by atoms with Crippen molar-refractivity contribution < 1.29 is 9.53 Å². The summed E-state index contributed by atoms with van der Waals surface area (Å²) in [6.45, 7) is 2.99. The summed E-state index contributed by atoms with van der Waals surface area (Å²) in [6, 6.07) is 12.9. The highest BCUT2D eigenvalue weighted by Crippen LogP contribution is 2.33. The lowest BCUT2D eigenvalue weighted by Crippen LogP contribution is -2.39. The highest BCUT2D eigenvalue weighted by atomic mass is 35.5. The van der Waals surface area contributed by atoms with E-state index < -0.39 is 6.10 Å². The summed E-state index contributed by atoms with van der Waals surface area (Å²) in [5.74, 6) is 0.881. The van der Waals surface area contributed by atoms with Gasteiger partial charge in [-0.25, -0.2) is 4.98 Å². The molecule has 2 heterocycles. The summed E-state index contributed by atoms with van der Waals surface area (Å²) in [6.07, 6.45) is -0.706. The van der Waals surface area contributed by atoms with Crippen LogP contribution in [0, 0.1) is 0 Å². The Labute approximate surface area is 154 Å². The van der Waals surface area contributed by atoms with Crippen LogP contribution >= 0.6 is 23.2 Å². The van der Waals surface area contributed by atoms with Gasteiger partial charge in [-0.05, 0) is 31.2 Å². The van der Waals surface area contributed by atoms with E-state index in [1.165, 1.54) is 0 Å². The summed E-state index contributed by atoms with van der Waals surface area (Å²) in [4.78, 5) is 19.1. The van der Waals surface area contributed by atoms with Crippen molar-refractivity contribution in [2.75, 3.05) is 11.4 Å². The van der Waals surface area contributed by atoms with Crippen molar-refractivity contribution >= 4 is 46.1 Å². The molecular formula is C18H15Cl2N3O2. The van der Waals surface area contributed by atoms with E-state index in [9.17, 15) is 4.79 Å². The molecule has 1 unspecified atom stereocenters. The number of hydrogen-bond acceptors (Lipinski definition) is 3. The zero-order chi connectivity index (χ0) is 17.6. The molecule has 25 heavy (non-hydrogen) atoms. The molecule has 0 radical (unpaired) electrons. The molecule has 1 aromatic heterocycles.